The lowest BCUT2D eigenvalue weighted by atomic mass is 9.98. The third-order valence-corrected chi connectivity index (χ3v) is 2.54. The van der Waals surface area contributed by atoms with Crippen molar-refractivity contribution in [2.75, 3.05) is 5.73 Å². The van der Waals surface area contributed by atoms with Gasteiger partial charge in [-0.25, -0.2) is 4.39 Å². The van der Waals surface area contributed by atoms with Crippen molar-refractivity contribution in [3.63, 3.8) is 0 Å². The van der Waals surface area contributed by atoms with Crippen LogP contribution in [0.25, 0.3) is 11.1 Å². The Hall–Kier alpha value is -2.04. The van der Waals surface area contributed by atoms with Crippen LogP contribution in [-0.2, 0) is 6.18 Å². The minimum atomic E-state index is -4.47. The summed E-state index contributed by atoms with van der Waals surface area (Å²) in [5.74, 6) is -0.583. The Morgan fingerprint density at radius 1 is 0.889 bits per heavy atom. The first-order valence-electron chi connectivity index (χ1n) is 5.11. The smallest absolute Gasteiger partial charge is 0.398 e. The lowest BCUT2D eigenvalue weighted by molar-refractivity contribution is -0.137. The number of nitrogens with two attached hydrogens (primary N) is 1. The molecule has 94 valence electrons. The maximum absolute atomic E-state index is 12.9. The molecule has 0 spiro atoms. The number of alkyl halides is 3. The summed E-state index contributed by atoms with van der Waals surface area (Å²) in [5, 5.41) is 0. The molecule has 2 rings (SSSR count). The van der Waals surface area contributed by atoms with Crippen molar-refractivity contribution in [1.82, 2.24) is 0 Å². The Kier molecular flexibility index (Phi) is 2.98. The van der Waals surface area contributed by atoms with Gasteiger partial charge >= 0.3 is 6.18 Å². The average Bonchev–Trinajstić information content (AvgIpc) is 2.28. The highest BCUT2D eigenvalue weighted by Gasteiger charge is 2.33. The zero-order chi connectivity index (χ0) is 13.3. The van der Waals surface area contributed by atoms with Crippen LogP contribution in [0.2, 0.25) is 0 Å². The number of halogens is 4. The number of hydrogen-bond acceptors (Lipinski definition) is 1. The zero-order valence-electron chi connectivity index (χ0n) is 9.13. The molecule has 0 radical (unpaired) electrons. The van der Waals surface area contributed by atoms with Crippen molar-refractivity contribution in [3.05, 3.63) is 53.8 Å². The van der Waals surface area contributed by atoms with E-state index in [0.29, 0.717) is 0 Å². The summed E-state index contributed by atoms with van der Waals surface area (Å²) in [6.07, 6.45) is -4.47. The quantitative estimate of drug-likeness (QED) is 0.602. The van der Waals surface area contributed by atoms with Gasteiger partial charge in [-0.2, -0.15) is 13.2 Å². The summed E-state index contributed by atoms with van der Waals surface area (Å²) in [5.41, 5.74) is 4.87. The number of rotatable bonds is 1. The van der Waals surface area contributed by atoms with Crippen LogP contribution in [0.4, 0.5) is 23.2 Å². The van der Waals surface area contributed by atoms with Crippen LogP contribution in [0.15, 0.2) is 42.5 Å². The van der Waals surface area contributed by atoms with Gasteiger partial charge in [0.25, 0.3) is 0 Å². The molecule has 0 unspecified atom stereocenters. The Morgan fingerprint density at radius 2 is 1.56 bits per heavy atom. The van der Waals surface area contributed by atoms with Crippen LogP contribution in [0.3, 0.4) is 0 Å². The van der Waals surface area contributed by atoms with E-state index >= 15 is 0 Å². The maximum Gasteiger partial charge on any atom is 0.417 e. The van der Waals surface area contributed by atoms with Gasteiger partial charge in [0.05, 0.1) is 5.56 Å². The number of hydrogen-bond donors (Lipinski definition) is 1. The summed E-state index contributed by atoms with van der Waals surface area (Å²) in [6, 6.07) is 8.39. The van der Waals surface area contributed by atoms with Crippen molar-refractivity contribution in [1.29, 1.82) is 0 Å². The highest BCUT2D eigenvalue weighted by molar-refractivity contribution is 5.78. The van der Waals surface area contributed by atoms with E-state index in [0.717, 1.165) is 18.2 Å². The van der Waals surface area contributed by atoms with Crippen LogP contribution in [-0.4, -0.2) is 0 Å². The normalized spacial score (nSPS) is 11.6. The first kappa shape index (κ1) is 12.4. The average molecular weight is 255 g/mol. The van der Waals surface area contributed by atoms with E-state index < -0.39 is 17.6 Å². The summed E-state index contributed by atoms with van der Waals surface area (Å²) < 4.78 is 51.4. The summed E-state index contributed by atoms with van der Waals surface area (Å²) in [4.78, 5) is 0. The van der Waals surface area contributed by atoms with Gasteiger partial charge in [0.15, 0.2) is 0 Å². The summed E-state index contributed by atoms with van der Waals surface area (Å²) >= 11 is 0. The van der Waals surface area contributed by atoms with E-state index in [-0.39, 0.29) is 16.8 Å². The van der Waals surface area contributed by atoms with Gasteiger partial charge in [0, 0.05) is 11.3 Å². The lowest BCUT2D eigenvalue weighted by Gasteiger charge is -2.14. The molecule has 0 fully saturated rings. The number of benzene rings is 2. The van der Waals surface area contributed by atoms with Crippen molar-refractivity contribution in [3.8, 4) is 11.1 Å². The molecular weight excluding hydrogens is 246 g/mol. The first-order chi connectivity index (χ1) is 8.39. The van der Waals surface area contributed by atoms with Gasteiger partial charge in [-0.3, -0.25) is 0 Å². The van der Waals surface area contributed by atoms with Crippen molar-refractivity contribution in [2.45, 2.75) is 6.18 Å². The predicted molar refractivity (Wildman–Crippen MR) is 61.3 cm³/mol. The standard InChI is InChI=1S/C13H9F4N/c14-8-5-6-10(12(18)7-8)9-3-1-2-4-11(9)13(15,16)17/h1-7H,18H2. The predicted octanol–water partition coefficient (Wildman–Crippen LogP) is 4.09. The molecule has 0 amide bonds. The fourth-order valence-corrected chi connectivity index (χ4v) is 1.74. The molecule has 0 aliphatic carbocycles. The summed E-state index contributed by atoms with van der Waals surface area (Å²) in [6.45, 7) is 0. The van der Waals surface area contributed by atoms with Gasteiger partial charge in [-0.1, -0.05) is 18.2 Å². The van der Waals surface area contributed by atoms with E-state index in [1.807, 2.05) is 0 Å². The molecule has 1 nitrogen and oxygen atoms in total. The van der Waals surface area contributed by atoms with Gasteiger partial charge in [0.1, 0.15) is 5.82 Å². The lowest BCUT2D eigenvalue weighted by Crippen LogP contribution is -2.07. The highest BCUT2D eigenvalue weighted by atomic mass is 19.4. The van der Waals surface area contributed by atoms with E-state index in [1.54, 1.807) is 0 Å². The molecule has 0 aliphatic heterocycles. The Balaban J connectivity index is 2.64. The van der Waals surface area contributed by atoms with Crippen LogP contribution < -0.4 is 5.73 Å². The molecule has 0 aromatic heterocycles. The largest absolute Gasteiger partial charge is 0.417 e. The van der Waals surface area contributed by atoms with E-state index in [2.05, 4.69) is 0 Å². The van der Waals surface area contributed by atoms with Gasteiger partial charge < -0.3 is 5.73 Å². The van der Waals surface area contributed by atoms with Crippen LogP contribution in [0.5, 0.6) is 0 Å². The monoisotopic (exact) mass is 255 g/mol. The molecule has 0 bridgehead atoms. The van der Waals surface area contributed by atoms with Crippen molar-refractivity contribution in [2.24, 2.45) is 0 Å². The SMILES string of the molecule is Nc1cc(F)ccc1-c1ccccc1C(F)(F)F. The van der Waals surface area contributed by atoms with E-state index in [1.165, 1.54) is 24.3 Å². The number of nitrogen functional groups attached to an aromatic ring is 1. The molecule has 0 atom stereocenters. The maximum atomic E-state index is 12.9. The zero-order valence-corrected chi connectivity index (χ0v) is 9.13. The fourth-order valence-electron chi connectivity index (χ4n) is 1.74. The minimum absolute atomic E-state index is 0.0216. The summed E-state index contributed by atoms with van der Waals surface area (Å²) in [7, 11) is 0. The first-order valence-corrected chi connectivity index (χ1v) is 5.11. The Bertz CT molecular complexity index is 575. The highest BCUT2D eigenvalue weighted by Crippen LogP contribution is 2.38. The molecule has 0 saturated heterocycles. The number of anilines is 1. The molecule has 2 aromatic rings. The Labute approximate surface area is 101 Å². The molecule has 5 heteroatoms. The van der Waals surface area contributed by atoms with E-state index in [9.17, 15) is 17.6 Å². The van der Waals surface area contributed by atoms with Gasteiger partial charge in [0.2, 0.25) is 0 Å². The van der Waals surface area contributed by atoms with Crippen LogP contribution in [0, 0.1) is 5.82 Å². The van der Waals surface area contributed by atoms with Crippen LogP contribution in [0.1, 0.15) is 5.56 Å². The van der Waals surface area contributed by atoms with Crippen LogP contribution >= 0.6 is 0 Å². The van der Waals surface area contributed by atoms with E-state index in [4.69, 9.17) is 5.73 Å². The minimum Gasteiger partial charge on any atom is -0.398 e. The second kappa shape index (κ2) is 4.33. The topological polar surface area (TPSA) is 26.0 Å². The molecule has 2 N–H and O–H groups in total. The third-order valence-electron chi connectivity index (χ3n) is 2.54. The Morgan fingerprint density at radius 3 is 2.17 bits per heavy atom. The fraction of sp³-hybridized carbons (Fsp3) is 0.0769. The molecule has 18 heavy (non-hydrogen) atoms. The molecule has 0 heterocycles. The second-order valence-electron chi connectivity index (χ2n) is 3.77. The van der Waals surface area contributed by atoms with Crippen molar-refractivity contribution < 1.29 is 17.6 Å². The molecule has 2 aromatic carbocycles. The molecule has 0 saturated carbocycles. The van der Waals surface area contributed by atoms with Gasteiger partial charge in [-0.05, 0) is 29.8 Å². The second-order valence-corrected chi connectivity index (χ2v) is 3.77. The van der Waals surface area contributed by atoms with Crippen molar-refractivity contribution >= 4 is 5.69 Å². The third kappa shape index (κ3) is 2.30. The molecular formula is C13H9F4N. The molecule has 0 aliphatic rings. The van der Waals surface area contributed by atoms with Gasteiger partial charge in [-0.15, -0.1) is 0 Å².